The summed E-state index contributed by atoms with van der Waals surface area (Å²) >= 11 is 6.90. The van der Waals surface area contributed by atoms with Crippen molar-refractivity contribution in [2.24, 2.45) is 0 Å². The summed E-state index contributed by atoms with van der Waals surface area (Å²) in [4.78, 5) is 13.7. The lowest BCUT2D eigenvalue weighted by atomic mass is 9.95. The number of anilines is 1. The molecule has 0 bridgehead atoms. The lowest BCUT2D eigenvalue weighted by molar-refractivity contribution is 0.0526. The Labute approximate surface area is 161 Å². The molecule has 1 heterocycles. The van der Waals surface area contributed by atoms with Crippen LogP contribution in [0, 0.1) is 5.82 Å². The van der Waals surface area contributed by atoms with Crippen LogP contribution in [0.5, 0.6) is 0 Å². The van der Waals surface area contributed by atoms with Crippen LogP contribution in [-0.4, -0.2) is 17.7 Å². The first-order valence-corrected chi connectivity index (χ1v) is 9.92. The van der Waals surface area contributed by atoms with E-state index in [1.165, 1.54) is 10.9 Å². The summed E-state index contributed by atoms with van der Waals surface area (Å²) in [7, 11) is 0. The Morgan fingerprint density at radius 2 is 2.08 bits per heavy atom. The molecule has 7 heteroatoms. The molecule has 4 nitrogen and oxygen atoms in total. The predicted octanol–water partition coefficient (Wildman–Crippen LogP) is 4.43. The number of rotatable bonds is 5. The number of fused-ring (bicyclic) bond motifs is 1. The zero-order valence-corrected chi connectivity index (χ0v) is 16.2. The maximum Gasteiger partial charge on any atom is 0.341 e. The van der Waals surface area contributed by atoms with Crippen molar-refractivity contribution in [2.45, 2.75) is 39.2 Å². The van der Waals surface area contributed by atoms with Crippen molar-refractivity contribution in [3.63, 3.8) is 0 Å². The molecule has 138 valence electrons. The van der Waals surface area contributed by atoms with E-state index < -0.39 is 0 Å². The number of ether oxygens (including phenoxy) is 1. The number of nitrogens with one attached hydrogen (secondary N) is 2. The molecule has 0 radical (unpaired) electrons. The largest absolute Gasteiger partial charge is 0.462 e. The topological polar surface area (TPSA) is 50.4 Å². The van der Waals surface area contributed by atoms with Crippen molar-refractivity contribution in [2.75, 3.05) is 11.9 Å². The zero-order valence-electron chi connectivity index (χ0n) is 14.6. The number of aryl methyl sites for hydroxylation is 1. The van der Waals surface area contributed by atoms with Gasteiger partial charge in [-0.3, -0.25) is 0 Å². The third-order valence-electron chi connectivity index (χ3n) is 4.28. The molecular weight excluding hydrogens is 371 g/mol. The molecule has 0 amide bonds. The van der Waals surface area contributed by atoms with E-state index in [0.29, 0.717) is 27.8 Å². The molecule has 0 atom stereocenters. The van der Waals surface area contributed by atoms with Gasteiger partial charge in [0.15, 0.2) is 5.11 Å². The maximum absolute atomic E-state index is 13.7. The summed E-state index contributed by atoms with van der Waals surface area (Å²) in [5.74, 6) is -0.590. The monoisotopic (exact) mass is 392 g/mol. The van der Waals surface area contributed by atoms with Gasteiger partial charge >= 0.3 is 5.97 Å². The van der Waals surface area contributed by atoms with Crippen molar-refractivity contribution in [1.82, 2.24) is 5.32 Å². The van der Waals surface area contributed by atoms with Gasteiger partial charge in [-0.05, 0) is 56.5 Å². The van der Waals surface area contributed by atoms with Gasteiger partial charge < -0.3 is 15.4 Å². The highest BCUT2D eigenvalue weighted by molar-refractivity contribution is 7.80. The standard InChI is InChI=1S/C19H21FN2O2S2/c1-2-24-18(23)16-13-8-4-6-10-15(13)26-17(16)22-19(25)21-11-12-7-3-5-9-14(12)20/h3,5,7,9H,2,4,6,8,10-11H2,1H3,(H2,21,22,25). The van der Waals surface area contributed by atoms with E-state index in [9.17, 15) is 9.18 Å². The molecule has 2 aromatic rings. The number of hydrogen-bond acceptors (Lipinski definition) is 4. The Morgan fingerprint density at radius 3 is 2.85 bits per heavy atom. The lowest BCUT2D eigenvalue weighted by Crippen LogP contribution is -2.28. The van der Waals surface area contributed by atoms with Crippen LogP contribution in [0.4, 0.5) is 9.39 Å². The number of thiophene rings is 1. The summed E-state index contributed by atoms with van der Waals surface area (Å²) in [6, 6.07) is 6.55. The molecular formula is C19H21FN2O2S2. The van der Waals surface area contributed by atoms with Crippen molar-refractivity contribution >= 4 is 39.6 Å². The second-order valence-electron chi connectivity index (χ2n) is 6.03. The van der Waals surface area contributed by atoms with E-state index in [0.717, 1.165) is 31.2 Å². The number of halogens is 1. The number of benzene rings is 1. The minimum absolute atomic E-state index is 0.276. The molecule has 3 rings (SSSR count). The first-order valence-electron chi connectivity index (χ1n) is 8.70. The van der Waals surface area contributed by atoms with Crippen LogP contribution in [-0.2, 0) is 24.1 Å². The molecule has 1 aliphatic rings. The van der Waals surface area contributed by atoms with Gasteiger partial charge in [-0.2, -0.15) is 0 Å². The van der Waals surface area contributed by atoms with Crippen molar-refractivity contribution in [3.05, 3.63) is 51.7 Å². The Kier molecular flexibility index (Phi) is 6.21. The van der Waals surface area contributed by atoms with Crippen LogP contribution < -0.4 is 10.6 Å². The highest BCUT2D eigenvalue weighted by Crippen LogP contribution is 2.38. The molecule has 26 heavy (non-hydrogen) atoms. The third-order valence-corrected chi connectivity index (χ3v) is 5.73. The number of carbonyl (C=O) groups is 1. The first-order chi connectivity index (χ1) is 12.6. The highest BCUT2D eigenvalue weighted by Gasteiger charge is 2.26. The van der Waals surface area contributed by atoms with Gasteiger partial charge in [0.05, 0.1) is 12.2 Å². The van der Waals surface area contributed by atoms with E-state index >= 15 is 0 Å². The quantitative estimate of drug-likeness (QED) is 0.582. The Hall–Kier alpha value is -1.99. The molecule has 1 aromatic carbocycles. The molecule has 0 saturated carbocycles. The van der Waals surface area contributed by atoms with E-state index in [4.69, 9.17) is 17.0 Å². The Morgan fingerprint density at radius 1 is 1.31 bits per heavy atom. The van der Waals surface area contributed by atoms with Crippen LogP contribution in [0.1, 0.15) is 46.1 Å². The number of esters is 1. The van der Waals surface area contributed by atoms with E-state index in [1.807, 2.05) is 0 Å². The zero-order chi connectivity index (χ0) is 18.5. The predicted molar refractivity (Wildman–Crippen MR) is 106 cm³/mol. The summed E-state index contributed by atoms with van der Waals surface area (Å²) in [6.07, 6.45) is 4.07. The maximum atomic E-state index is 13.7. The normalized spacial score (nSPS) is 13.0. The Bertz CT molecular complexity index is 820. The van der Waals surface area contributed by atoms with Crippen LogP contribution in [0.15, 0.2) is 24.3 Å². The number of hydrogen-bond donors (Lipinski definition) is 2. The van der Waals surface area contributed by atoms with Crippen LogP contribution in [0.25, 0.3) is 0 Å². The van der Waals surface area contributed by atoms with Gasteiger partial charge in [-0.15, -0.1) is 11.3 Å². The summed E-state index contributed by atoms with van der Waals surface area (Å²) in [5.41, 5.74) is 2.22. The second-order valence-corrected chi connectivity index (χ2v) is 7.55. The fourth-order valence-corrected chi connectivity index (χ4v) is 4.56. The number of carbonyl (C=O) groups excluding carboxylic acids is 1. The lowest BCUT2D eigenvalue weighted by Gasteiger charge is -2.13. The first kappa shape index (κ1) is 18.8. The third kappa shape index (κ3) is 4.22. The van der Waals surface area contributed by atoms with Gasteiger partial charge in [0.2, 0.25) is 0 Å². The van der Waals surface area contributed by atoms with Gasteiger partial charge in [-0.25, -0.2) is 9.18 Å². The molecule has 0 saturated heterocycles. The van der Waals surface area contributed by atoms with Gasteiger partial charge in [0.1, 0.15) is 10.8 Å². The SMILES string of the molecule is CCOC(=O)c1c(NC(=S)NCc2ccccc2F)sc2c1CCCC2. The van der Waals surface area contributed by atoms with Crippen molar-refractivity contribution in [1.29, 1.82) is 0 Å². The van der Waals surface area contributed by atoms with E-state index in [-0.39, 0.29) is 18.3 Å². The minimum Gasteiger partial charge on any atom is -0.462 e. The average Bonchev–Trinajstić information content (AvgIpc) is 2.99. The highest BCUT2D eigenvalue weighted by atomic mass is 32.1. The van der Waals surface area contributed by atoms with Crippen molar-refractivity contribution < 1.29 is 13.9 Å². The molecule has 0 aliphatic heterocycles. The number of thiocarbonyl (C=S) groups is 1. The molecule has 2 N–H and O–H groups in total. The van der Waals surface area contributed by atoms with Crippen LogP contribution in [0.3, 0.4) is 0 Å². The minimum atomic E-state index is -0.314. The fraction of sp³-hybridized carbons (Fsp3) is 0.368. The smallest absolute Gasteiger partial charge is 0.341 e. The summed E-state index contributed by atoms with van der Waals surface area (Å²) in [6.45, 7) is 2.40. The van der Waals surface area contributed by atoms with Crippen molar-refractivity contribution in [3.8, 4) is 0 Å². The van der Waals surface area contributed by atoms with Crippen LogP contribution >= 0.6 is 23.6 Å². The molecule has 1 aromatic heterocycles. The van der Waals surface area contributed by atoms with Crippen LogP contribution in [0.2, 0.25) is 0 Å². The van der Waals surface area contributed by atoms with E-state index in [2.05, 4.69) is 10.6 Å². The second kappa shape index (κ2) is 8.60. The summed E-state index contributed by atoms with van der Waals surface area (Å²) < 4.78 is 18.9. The molecule has 1 aliphatic carbocycles. The fourth-order valence-electron chi connectivity index (χ4n) is 3.04. The Balaban J connectivity index is 1.74. The van der Waals surface area contributed by atoms with Gasteiger partial charge in [0, 0.05) is 17.0 Å². The average molecular weight is 393 g/mol. The molecule has 0 spiro atoms. The van der Waals surface area contributed by atoms with E-state index in [1.54, 1.807) is 36.5 Å². The van der Waals surface area contributed by atoms with Gasteiger partial charge in [0.25, 0.3) is 0 Å². The molecule has 0 unspecified atom stereocenters. The summed E-state index contributed by atoms with van der Waals surface area (Å²) in [5, 5.41) is 7.18. The van der Waals surface area contributed by atoms with Gasteiger partial charge in [-0.1, -0.05) is 18.2 Å². The molecule has 0 fully saturated rings.